The van der Waals surface area contributed by atoms with E-state index in [-0.39, 0.29) is 24.0 Å². The molecule has 8 unspecified atom stereocenters. The molecule has 0 radical (unpaired) electrons. The van der Waals surface area contributed by atoms with E-state index in [1.54, 1.807) is 4.90 Å². The lowest BCUT2D eigenvalue weighted by molar-refractivity contribution is -0.249. The molecule has 160 valence electrons. The number of fused-ring (bicyclic) bond motifs is 2. The molecule has 4 heterocycles. The number of carbonyl (C=O) groups excluding carboxylic acids is 2. The van der Waals surface area contributed by atoms with Crippen molar-refractivity contribution in [2.45, 2.75) is 56.1 Å². The Labute approximate surface area is 175 Å². The number of Topliss-reactive ketones (excluding diaryl/α,β-unsaturated/α-hetero) is 1. The molecule has 4 aliphatic heterocycles. The van der Waals surface area contributed by atoms with Crippen LogP contribution in [-0.4, -0.2) is 70.5 Å². The van der Waals surface area contributed by atoms with E-state index in [0.29, 0.717) is 24.6 Å². The van der Waals surface area contributed by atoms with Gasteiger partial charge in [-0.1, -0.05) is 18.2 Å². The summed E-state index contributed by atoms with van der Waals surface area (Å²) >= 11 is 0. The Kier molecular flexibility index (Phi) is 3.73. The van der Waals surface area contributed by atoms with E-state index in [1.165, 1.54) is 6.92 Å². The molecular formula is C23H28N2O5. The SMILES string of the molecule is CC(=O)C(O)C(=O)N1c2ccccc2C23CCN4CC5C(C)OCC(C5CC42O)C13. The van der Waals surface area contributed by atoms with Crippen LogP contribution in [0.25, 0.3) is 0 Å². The van der Waals surface area contributed by atoms with Crippen molar-refractivity contribution in [2.75, 3.05) is 24.6 Å². The molecule has 8 atom stereocenters. The molecule has 6 rings (SSSR count). The third-order valence-electron chi connectivity index (χ3n) is 8.91. The van der Waals surface area contributed by atoms with Gasteiger partial charge in [0.2, 0.25) is 0 Å². The summed E-state index contributed by atoms with van der Waals surface area (Å²) in [5.41, 5.74) is 0.00952. The van der Waals surface area contributed by atoms with Crippen LogP contribution in [0.4, 0.5) is 5.69 Å². The minimum atomic E-state index is -1.69. The van der Waals surface area contributed by atoms with Crippen LogP contribution < -0.4 is 4.90 Å². The minimum Gasteiger partial charge on any atom is -0.378 e. The topological polar surface area (TPSA) is 90.3 Å². The van der Waals surface area contributed by atoms with Crippen molar-refractivity contribution in [3.05, 3.63) is 29.8 Å². The fourth-order valence-electron chi connectivity index (χ4n) is 7.65. The number of rotatable bonds is 2. The summed E-state index contributed by atoms with van der Waals surface area (Å²) in [6, 6.07) is 7.38. The van der Waals surface area contributed by atoms with E-state index >= 15 is 0 Å². The van der Waals surface area contributed by atoms with Gasteiger partial charge < -0.3 is 19.8 Å². The summed E-state index contributed by atoms with van der Waals surface area (Å²) in [4.78, 5) is 29.2. The first-order valence-corrected chi connectivity index (χ1v) is 11.0. The molecule has 4 fully saturated rings. The molecule has 1 spiro atoms. The van der Waals surface area contributed by atoms with E-state index in [2.05, 4.69) is 11.8 Å². The molecule has 1 aromatic carbocycles. The van der Waals surface area contributed by atoms with E-state index in [4.69, 9.17) is 4.74 Å². The average molecular weight is 412 g/mol. The van der Waals surface area contributed by atoms with Crippen molar-refractivity contribution >= 4 is 17.4 Å². The van der Waals surface area contributed by atoms with Gasteiger partial charge in [0.25, 0.3) is 5.91 Å². The van der Waals surface area contributed by atoms with Crippen LogP contribution in [0.2, 0.25) is 0 Å². The zero-order valence-electron chi connectivity index (χ0n) is 17.3. The second kappa shape index (κ2) is 5.91. The van der Waals surface area contributed by atoms with Gasteiger partial charge in [0.05, 0.1) is 24.2 Å². The summed E-state index contributed by atoms with van der Waals surface area (Å²) in [7, 11) is 0. The van der Waals surface area contributed by atoms with E-state index in [0.717, 1.165) is 25.1 Å². The Morgan fingerprint density at radius 3 is 2.77 bits per heavy atom. The summed E-state index contributed by atoms with van der Waals surface area (Å²) in [5, 5.41) is 22.6. The van der Waals surface area contributed by atoms with Gasteiger partial charge >= 0.3 is 0 Å². The first-order chi connectivity index (χ1) is 14.3. The number of para-hydroxylation sites is 1. The summed E-state index contributed by atoms with van der Waals surface area (Å²) in [6.07, 6.45) is -0.158. The highest BCUT2D eigenvalue weighted by Crippen LogP contribution is 2.68. The van der Waals surface area contributed by atoms with Crippen molar-refractivity contribution in [1.29, 1.82) is 0 Å². The predicted molar refractivity (Wildman–Crippen MR) is 108 cm³/mol. The van der Waals surface area contributed by atoms with E-state index in [9.17, 15) is 19.8 Å². The van der Waals surface area contributed by atoms with Crippen molar-refractivity contribution < 1.29 is 24.5 Å². The molecule has 3 saturated heterocycles. The van der Waals surface area contributed by atoms with Gasteiger partial charge in [-0.2, -0.15) is 0 Å². The Balaban J connectivity index is 1.59. The highest BCUT2D eigenvalue weighted by atomic mass is 16.5. The molecule has 2 N–H and O–H groups in total. The highest BCUT2D eigenvalue weighted by molar-refractivity contribution is 6.11. The lowest BCUT2D eigenvalue weighted by Gasteiger charge is -2.64. The van der Waals surface area contributed by atoms with Gasteiger partial charge in [-0.15, -0.1) is 0 Å². The normalized spacial score (nSPS) is 44.4. The van der Waals surface area contributed by atoms with Crippen LogP contribution >= 0.6 is 0 Å². The van der Waals surface area contributed by atoms with Gasteiger partial charge in [-0.3, -0.25) is 14.5 Å². The number of piperidine rings is 1. The number of amides is 1. The monoisotopic (exact) mass is 412 g/mol. The van der Waals surface area contributed by atoms with Crippen LogP contribution in [0.1, 0.15) is 32.3 Å². The number of nitrogens with zero attached hydrogens (tertiary/aromatic N) is 2. The second-order valence-corrected chi connectivity index (χ2v) is 9.90. The molecule has 5 aliphatic rings. The van der Waals surface area contributed by atoms with Gasteiger partial charge in [-0.25, -0.2) is 0 Å². The quantitative estimate of drug-likeness (QED) is 0.694. The number of anilines is 1. The number of ether oxygens (including phenoxy) is 1. The molecule has 30 heavy (non-hydrogen) atoms. The standard InChI is InChI=1S/C23H28N2O5/c1-12(26)19(27)21(28)25-18-6-4-3-5-17(18)22-7-8-24-10-15-13(2)30-11-16(20(22)25)14(15)9-23(22,24)29/h3-6,13-16,19-20,27,29H,7-11H2,1-2H3. The number of ketones is 1. The molecule has 2 bridgehead atoms. The summed E-state index contributed by atoms with van der Waals surface area (Å²) < 4.78 is 6.20. The van der Waals surface area contributed by atoms with Gasteiger partial charge in [0, 0.05) is 30.6 Å². The van der Waals surface area contributed by atoms with Gasteiger partial charge in [0.15, 0.2) is 11.9 Å². The lowest BCUT2D eigenvalue weighted by atomic mass is 9.51. The first kappa shape index (κ1) is 18.9. The van der Waals surface area contributed by atoms with Gasteiger partial charge in [-0.05, 0) is 44.2 Å². The predicted octanol–water partition coefficient (Wildman–Crippen LogP) is 0.668. The smallest absolute Gasteiger partial charge is 0.263 e. The Morgan fingerprint density at radius 2 is 2.00 bits per heavy atom. The summed E-state index contributed by atoms with van der Waals surface area (Å²) in [5.74, 6) is -0.548. The van der Waals surface area contributed by atoms with Crippen molar-refractivity contribution in [3.8, 4) is 0 Å². The number of aliphatic hydroxyl groups is 2. The molecule has 1 aliphatic carbocycles. The van der Waals surface area contributed by atoms with E-state index < -0.39 is 28.9 Å². The van der Waals surface area contributed by atoms with Crippen molar-refractivity contribution in [1.82, 2.24) is 4.90 Å². The van der Waals surface area contributed by atoms with Crippen LogP contribution in [0.5, 0.6) is 0 Å². The lowest BCUT2D eigenvalue weighted by Crippen LogP contribution is -2.75. The zero-order chi connectivity index (χ0) is 21.0. The fourth-order valence-corrected chi connectivity index (χ4v) is 7.65. The Morgan fingerprint density at radius 1 is 1.23 bits per heavy atom. The molecule has 1 amide bonds. The van der Waals surface area contributed by atoms with Gasteiger partial charge in [0.1, 0.15) is 5.72 Å². The average Bonchev–Trinajstić information content (AvgIpc) is 3.21. The van der Waals surface area contributed by atoms with Crippen molar-refractivity contribution in [2.24, 2.45) is 17.8 Å². The zero-order valence-corrected chi connectivity index (χ0v) is 17.3. The molecule has 0 aromatic heterocycles. The number of hydrogen-bond acceptors (Lipinski definition) is 6. The molecule has 7 heteroatoms. The third kappa shape index (κ3) is 1.96. The summed E-state index contributed by atoms with van der Waals surface area (Å²) in [6.45, 7) is 5.44. The second-order valence-electron chi connectivity index (χ2n) is 9.90. The minimum absolute atomic E-state index is 0.0576. The molecule has 7 nitrogen and oxygen atoms in total. The Bertz CT molecular complexity index is 951. The van der Waals surface area contributed by atoms with Crippen LogP contribution in [-0.2, 0) is 19.7 Å². The maximum Gasteiger partial charge on any atom is 0.263 e. The third-order valence-corrected chi connectivity index (χ3v) is 8.91. The molecular weight excluding hydrogens is 384 g/mol. The number of aliphatic hydroxyl groups excluding tert-OH is 1. The largest absolute Gasteiger partial charge is 0.378 e. The van der Waals surface area contributed by atoms with Crippen LogP contribution in [0, 0.1) is 17.8 Å². The van der Waals surface area contributed by atoms with Crippen LogP contribution in [0.3, 0.4) is 0 Å². The first-order valence-electron chi connectivity index (χ1n) is 11.0. The molecule has 1 aromatic rings. The number of hydrogen-bond donors (Lipinski definition) is 2. The van der Waals surface area contributed by atoms with Crippen LogP contribution in [0.15, 0.2) is 24.3 Å². The van der Waals surface area contributed by atoms with Crippen molar-refractivity contribution in [3.63, 3.8) is 0 Å². The number of carbonyl (C=O) groups is 2. The fraction of sp³-hybridized carbons (Fsp3) is 0.652. The maximum absolute atomic E-state index is 13.4. The maximum atomic E-state index is 13.4. The molecule has 1 saturated carbocycles. The number of benzene rings is 1. The highest BCUT2D eigenvalue weighted by Gasteiger charge is 2.76. The van der Waals surface area contributed by atoms with E-state index in [1.807, 2.05) is 24.3 Å². The Hall–Kier alpha value is -1.80.